The maximum atomic E-state index is 5.75. The summed E-state index contributed by atoms with van der Waals surface area (Å²) in [5, 5.41) is 4.56. The second-order valence-electron chi connectivity index (χ2n) is 5.01. The van der Waals surface area contributed by atoms with Gasteiger partial charge >= 0.3 is 0 Å². The second-order valence-corrected chi connectivity index (χ2v) is 5.01. The summed E-state index contributed by atoms with van der Waals surface area (Å²) in [6.45, 7) is 9.02. The molecule has 0 saturated carbocycles. The molecule has 3 heteroatoms. The molecule has 0 radical (unpaired) electrons. The van der Waals surface area contributed by atoms with Crippen molar-refractivity contribution in [2.75, 3.05) is 0 Å². The van der Waals surface area contributed by atoms with E-state index in [1.54, 1.807) is 0 Å². The Morgan fingerprint density at radius 3 is 2.22 bits per heavy atom. The molecule has 0 fully saturated rings. The van der Waals surface area contributed by atoms with Crippen molar-refractivity contribution in [3.05, 3.63) is 46.8 Å². The highest BCUT2D eigenvalue weighted by Gasteiger charge is 2.11. The first-order chi connectivity index (χ1) is 8.54. The minimum Gasteiger partial charge on any atom is -0.326 e. The first-order valence-corrected chi connectivity index (χ1v) is 6.40. The third-order valence-corrected chi connectivity index (χ3v) is 3.45. The van der Waals surface area contributed by atoms with E-state index in [2.05, 4.69) is 50.1 Å². The van der Waals surface area contributed by atoms with E-state index >= 15 is 0 Å². The second kappa shape index (κ2) is 4.94. The van der Waals surface area contributed by atoms with Crippen LogP contribution in [0.1, 0.15) is 42.3 Å². The molecule has 96 valence electrons. The molecular formula is C15H21N3. The topological polar surface area (TPSA) is 43.8 Å². The quantitative estimate of drug-likeness (QED) is 0.900. The minimum absolute atomic E-state index is 0.543. The summed E-state index contributed by atoms with van der Waals surface area (Å²) in [6, 6.07) is 8.57. The number of nitrogens with two attached hydrogens (primary N) is 1. The van der Waals surface area contributed by atoms with E-state index in [0.29, 0.717) is 12.5 Å². The predicted molar refractivity (Wildman–Crippen MR) is 75.0 cm³/mol. The van der Waals surface area contributed by atoms with Crippen LogP contribution in [0.2, 0.25) is 0 Å². The van der Waals surface area contributed by atoms with Crippen LogP contribution < -0.4 is 5.73 Å². The number of hydrogen-bond donors (Lipinski definition) is 1. The summed E-state index contributed by atoms with van der Waals surface area (Å²) in [7, 11) is 0. The van der Waals surface area contributed by atoms with Crippen molar-refractivity contribution in [3.8, 4) is 5.69 Å². The highest BCUT2D eigenvalue weighted by molar-refractivity contribution is 5.39. The predicted octanol–water partition coefficient (Wildman–Crippen LogP) is 3.07. The molecule has 2 rings (SSSR count). The molecule has 0 unspecified atom stereocenters. The van der Waals surface area contributed by atoms with E-state index < -0.39 is 0 Å². The Balaban J connectivity index is 2.43. The summed E-state index contributed by atoms with van der Waals surface area (Å²) >= 11 is 0. The van der Waals surface area contributed by atoms with Gasteiger partial charge in [-0.15, -0.1) is 0 Å². The van der Waals surface area contributed by atoms with Gasteiger partial charge in [-0.3, -0.25) is 0 Å². The first-order valence-electron chi connectivity index (χ1n) is 6.40. The largest absolute Gasteiger partial charge is 0.326 e. The molecule has 0 saturated heterocycles. The van der Waals surface area contributed by atoms with E-state index in [1.807, 2.05) is 11.6 Å². The van der Waals surface area contributed by atoms with Crippen LogP contribution in [0.25, 0.3) is 5.69 Å². The van der Waals surface area contributed by atoms with E-state index in [-0.39, 0.29) is 0 Å². The van der Waals surface area contributed by atoms with E-state index in [0.717, 1.165) is 22.6 Å². The maximum Gasteiger partial charge on any atom is 0.0649 e. The summed E-state index contributed by atoms with van der Waals surface area (Å²) in [6.07, 6.45) is 0. The van der Waals surface area contributed by atoms with Crippen molar-refractivity contribution in [1.82, 2.24) is 9.78 Å². The van der Waals surface area contributed by atoms with Crippen molar-refractivity contribution in [2.45, 2.75) is 40.2 Å². The standard InChI is InChI=1S/C15H21N3/c1-10(2)13-5-7-14(8-6-13)18-12(4)15(9-16)11(3)17-18/h5-8,10H,9,16H2,1-4H3. The van der Waals surface area contributed by atoms with Gasteiger partial charge in [0.05, 0.1) is 11.4 Å². The average Bonchev–Trinajstić information content (AvgIpc) is 2.64. The third-order valence-electron chi connectivity index (χ3n) is 3.45. The summed E-state index contributed by atoms with van der Waals surface area (Å²) in [5.74, 6) is 0.555. The molecule has 0 amide bonds. The molecule has 18 heavy (non-hydrogen) atoms. The lowest BCUT2D eigenvalue weighted by molar-refractivity contribution is 0.825. The molecule has 3 nitrogen and oxygen atoms in total. The van der Waals surface area contributed by atoms with Gasteiger partial charge in [0, 0.05) is 17.8 Å². The maximum absolute atomic E-state index is 5.75. The van der Waals surface area contributed by atoms with Gasteiger partial charge < -0.3 is 5.73 Å². The monoisotopic (exact) mass is 243 g/mol. The normalized spacial score (nSPS) is 11.2. The number of rotatable bonds is 3. The average molecular weight is 243 g/mol. The molecule has 2 N–H and O–H groups in total. The molecule has 1 heterocycles. The van der Waals surface area contributed by atoms with Gasteiger partial charge in [-0.25, -0.2) is 4.68 Å². The van der Waals surface area contributed by atoms with Crippen LogP contribution in [-0.2, 0) is 6.54 Å². The highest BCUT2D eigenvalue weighted by Crippen LogP contribution is 2.20. The van der Waals surface area contributed by atoms with Crippen molar-refractivity contribution < 1.29 is 0 Å². The molecule has 0 aliphatic carbocycles. The summed E-state index contributed by atoms with van der Waals surface area (Å²) < 4.78 is 1.97. The Kier molecular flexibility index (Phi) is 3.53. The lowest BCUT2D eigenvalue weighted by Gasteiger charge is -2.08. The van der Waals surface area contributed by atoms with E-state index in [4.69, 9.17) is 5.73 Å². The molecule has 1 aromatic heterocycles. The Morgan fingerprint density at radius 1 is 1.17 bits per heavy atom. The Morgan fingerprint density at radius 2 is 1.78 bits per heavy atom. The van der Waals surface area contributed by atoms with Gasteiger partial charge in [-0.1, -0.05) is 26.0 Å². The van der Waals surface area contributed by atoms with Crippen LogP contribution in [0.5, 0.6) is 0 Å². The highest BCUT2D eigenvalue weighted by atomic mass is 15.3. The summed E-state index contributed by atoms with van der Waals surface area (Å²) in [4.78, 5) is 0. The fourth-order valence-electron chi connectivity index (χ4n) is 2.22. The van der Waals surface area contributed by atoms with Gasteiger partial charge in [0.25, 0.3) is 0 Å². The lowest BCUT2D eigenvalue weighted by atomic mass is 10.0. The molecular weight excluding hydrogens is 222 g/mol. The van der Waals surface area contributed by atoms with Crippen molar-refractivity contribution in [2.24, 2.45) is 5.73 Å². The number of benzene rings is 1. The molecule has 0 atom stereocenters. The van der Waals surface area contributed by atoms with Gasteiger partial charge in [-0.05, 0) is 37.5 Å². The van der Waals surface area contributed by atoms with E-state index in [1.165, 1.54) is 5.56 Å². The Hall–Kier alpha value is -1.61. The number of hydrogen-bond acceptors (Lipinski definition) is 2. The third kappa shape index (κ3) is 2.18. The smallest absolute Gasteiger partial charge is 0.0649 e. The molecule has 1 aromatic carbocycles. The van der Waals surface area contributed by atoms with Crippen LogP contribution >= 0.6 is 0 Å². The molecule has 0 spiro atoms. The zero-order valence-electron chi connectivity index (χ0n) is 11.6. The van der Waals surface area contributed by atoms with Gasteiger partial charge in [-0.2, -0.15) is 5.10 Å². The van der Waals surface area contributed by atoms with Crippen LogP contribution in [0.15, 0.2) is 24.3 Å². The Labute approximate surface area is 109 Å². The summed E-state index contributed by atoms with van der Waals surface area (Å²) in [5.41, 5.74) is 11.5. The zero-order valence-corrected chi connectivity index (χ0v) is 11.6. The van der Waals surface area contributed by atoms with Crippen LogP contribution in [0.3, 0.4) is 0 Å². The SMILES string of the molecule is Cc1nn(-c2ccc(C(C)C)cc2)c(C)c1CN. The van der Waals surface area contributed by atoms with Crippen molar-refractivity contribution in [1.29, 1.82) is 0 Å². The first kappa shape index (κ1) is 12.8. The van der Waals surface area contributed by atoms with Crippen molar-refractivity contribution >= 4 is 0 Å². The molecule has 0 aliphatic heterocycles. The van der Waals surface area contributed by atoms with Crippen LogP contribution in [0.4, 0.5) is 0 Å². The minimum atomic E-state index is 0.543. The lowest BCUT2D eigenvalue weighted by Crippen LogP contribution is -2.02. The van der Waals surface area contributed by atoms with Crippen LogP contribution in [0, 0.1) is 13.8 Å². The number of aromatic nitrogens is 2. The number of nitrogens with zero attached hydrogens (tertiary/aromatic N) is 2. The van der Waals surface area contributed by atoms with Gasteiger partial charge in [0.2, 0.25) is 0 Å². The molecule has 2 aromatic rings. The molecule has 0 bridgehead atoms. The van der Waals surface area contributed by atoms with Gasteiger partial charge in [0.1, 0.15) is 0 Å². The van der Waals surface area contributed by atoms with Gasteiger partial charge in [0.15, 0.2) is 0 Å². The number of aryl methyl sites for hydroxylation is 1. The van der Waals surface area contributed by atoms with E-state index in [9.17, 15) is 0 Å². The van der Waals surface area contributed by atoms with Crippen LogP contribution in [-0.4, -0.2) is 9.78 Å². The fraction of sp³-hybridized carbons (Fsp3) is 0.400. The zero-order chi connectivity index (χ0) is 13.3. The fourth-order valence-corrected chi connectivity index (χ4v) is 2.22. The molecule has 0 aliphatic rings. The van der Waals surface area contributed by atoms with Crippen molar-refractivity contribution in [3.63, 3.8) is 0 Å². The Bertz CT molecular complexity index is 536.